The van der Waals surface area contributed by atoms with Gasteiger partial charge in [0.15, 0.2) is 0 Å². The van der Waals surface area contributed by atoms with Crippen molar-refractivity contribution in [1.82, 2.24) is 9.97 Å². The Balaban J connectivity index is 1.98. The lowest BCUT2D eigenvalue weighted by molar-refractivity contribution is 1.34. The number of nitriles is 1. The van der Waals surface area contributed by atoms with E-state index in [-0.39, 0.29) is 5.84 Å². The second kappa shape index (κ2) is 7.54. The van der Waals surface area contributed by atoms with Gasteiger partial charge in [-0.3, -0.25) is 10.4 Å². The van der Waals surface area contributed by atoms with Crippen LogP contribution in [0.2, 0.25) is 5.02 Å². The second-order valence-corrected chi connectivity index (χ2v) is 6.57. The fraction of sp³-hybridized carbons (Fsp3) is 0. The van der Waals surface area contributed by atoms with Crippen molar-refractivity contribution in [3.8, 4) is 6.07 Å². The summed E-state index contributed by atoms with van der Waals surface area (Å²) in [7, 11) is 0. The molecule has 0 aliphatic heterocycles. The molecule has 4 N–H and O–H groups in total. The van der Waals surface area contributed by atoms with Crippen molar-refractivity contribution in [2.75, 3.05) is 5.32 Å². The summed E-state index contributed by atoms with van der Waals surface area (Å²) in [6, 6.07) is 14.5. The standard InChI is InChI=1S/C21H14ClN7/c22-17-8-12(9-23)4-5-18(17)28-21-14-6-7-26-10-16(14)13-2-1-3-15(19(13)29-21)20(25)27-11-24/h1-8,10-11H,(H,28,29)(H3,24,25,27). The van der Waals surface area contributed by atoms with Crippen molar-refractivity contribution in [2.24, 2.45) is 10.7 Å². The van der Waals surface area contributed by atoms with Crippen LogP contribution in [0.5, 0.6) is 0 Å². The molecule has 29 heavy (non-hydrogen) atoms. The van der Waals surface area contributed by atoms with Crippen molar-refractivity contribution < 1.29 is 0 Å². The topological polar surface area (TPSA) is 124 Å². The molecule has 8 heteroatoms. The summed E-state index contributed by atoms with van der Waals surface area (Å²) in [6.07, 6.45) is 4.35. The third-order valence-corrected chi connectivity index (χ3v) is 4.77. The van der Waals surface area contributed by atoms with Gasteiger partial charge in [-0.25, -0.2) is 9.98 Å². The minimum absolute atomic E-state index is 0.198. The molecule has 0 bridgehead atoms. The number of amidine groups is 1. The van der Waals surface area contributed by atoms with Crippen molar-refractivity contribution in [3.05, 3.63) is 71.0 Å². The van der Waals surface area contributed by atoms with E-state index < -0.39 is 0 Å². The van der Waals surface area contributed by atoms with E-state index in [1.165, 1.54) is 0 Å². The largest absolute Gasteiger partial charge is 0.383 e. The number of nitrogens with one attached hydrogen (secondary N) is 2. The quantitative estimate of drug-likeness (QED) is 0.267. The second-order valence-electron chi connectivity index (χ2n) is 6.16. The molecule has 0 aliphatic carbocycles. The Hall–Kier alpha value is -4.02. The molecule has 0 atom stereocenters. The van der Waals surface area contributed by atoms with Gasteiger partial charge in [0.2, 0.25) is 0 Å². The molecule has 0 saturated carbocycles. The maximum Gasteiger partial charge on any atom is 0.139 e. The molecular weight excluding hydrogens is 386 g/mol. The number of aliphatic imine (C=N–C) groups is 1. The average Bonchev–Trinajstić information content (AvgIpc) is 2.75. The summed E-state index contributed by atoms with van der Waals surface area (Å²) in [4.78, 5) is 12.9. The molecule has 2 heterocycles. The molecule has 0 saturated heterocycles. The van der Waals surface area contributed by atoms with Gasteiger partial charge in [0.1, 0.15) is 18.0 Å². The molecule has 4 rings (SSSR count). The third kappa shape index (κ3) is 3.33. The number of halogens is 1. The highest BCUT2D eigenvalue weighted by atomic mass is 35.5. The number of rotatable bonds is 4. The van der Waals surface area contributed by atoms with Gasteiger partial charge in [-0.05, 0) is 30.3 Å². The number of hydrogen-bond donors (Lipinski definition) is 3. The van der Waals surface area contributed by atoms with E-state index in [0.29, 0.717) is 33.2 Å². The number of aromatic nitrogens is 2. The molecule has 140 valence electrons. The zero-order valence-electron chi connectivity index (χ0n) is 15.0. The summed E-state index contributed by atoms with van der Waals surface area (Å²) < 4.78 is 0. The van der Waals surface area contributed by atoms with Crippen LogP contribution in [0.15, 0.2) is 59.9 Å². The average molecular weight is 400 g/mol. The molecule has 4 aromatic rings. The first-order chi connectivity index (χ1) is 14.1. The van der Waals surface area contributed by atoms with Gasteiger partial charge in [-0.1, -0.05) is 23.7 Å². The van der Waals surface area contributed by atoms with E-state index in [0.717, 1.165) is 22.5 Å². The lowest BCUT2D eigenvalue weighted by atomic mass is 10.0. The molecule has 0 amide bonds. The van der Waals surface area contributed by atoms with Gasteiger partial charge in [0.25, 0.3) is 0 Å². The first-order valence-electron chi connectivity index (χ1n) is 8.58. The molecule has 0 spiro atoms. The highest BCUT2D eigenvalue weighted by molar-refractivity contribution is 6.33. The van der Waals surface area contributed by atoms with Crippen molar-refractivity contribution in [2.45, 2.75) is 0 Å². The van der Waals surface area contributed by atoms with Crippen molar-refractivity contribution in [3.63, 3.8) is 0 Å². The van der Waals surface area contributed by atoms with Gasteiger partial charge in [0, 0.05) is 34.1 Å². The zero-order valence-corrected chi connectivity index (χ0v) is 15.8. The molecule has 0 aliphatic rings. The predicted octanol–water partition coefficient (Wildman–Crippen LogP) is 4.36. The van der Waals surface area contributed by atoms with Gasteiger partial charge in [-0.2, -0.15) is 5.26 Å². The lowest BCUT2D eigenvalue weighted by Crippen LogP contribution is -2.14. The van der Waals surface area contributed by atoms with Crippen LogP contribution >= 0.6 is 11.6 Å². The normalized spacial score (nSPS) is 11.4. The molecule has 0 radical (unpaired) electrons. The number of nitrogens with zero attached hydrogens (tertiary/aromatic N) is 4. The van der Waals surface area contributed by atoms with Crippen LogP contribution in [0, 0.1) is 16.7 Å². The van der Waals surface area contributed by atoms with Crippen LogP contribution in [0.1, 0.15) is 11.1 Å². The minimum Gasteiger partial charge on any atom is -0.383 e. The number of hydrogen-bond acceptors (Lipinski definition) is 5. The van der Waals surface area contributed by atoms with Crippen molar-refractivity contribution in [1.29, 1.82) is 10.7 Å². The number of nitrogens with two attached hydrogens (primary N) is 1. The van der Waals surface area contributed by atoms with Gasteiger partial charge >= 0.3 is 0 Å². The summed E-state index contributed by atoms with van der Waals surface area (Å²) in [5, 5.41) is 22.5. The van der Waals surface area contributed by atoms with Gasteiger partial charge in [0.05, 0.1) is 27.9 Å². The Bertz CT molecular complexity index is 1340. The molecule has 2 aromatic heterocycles. The van der Waals surface area contributed by atoms with E-state index in [2.05, 4.69) is 21.4 Å². The lowest BCUT2D eigenvalue weighted by Gasteiger charge is -2.14. The highest BCUT2D eigenvalue weighted by Crippen LogP contribution is 2.33. The number of para-hydroxylation sites is 1. The van der Waals surface area contributed by atoms with Crippen molar-refractivity contribution >= 4 is 57.0 Å². The molecular formula is C21H14ClN7. The zero-order chi connectivity index (χ0) is 20.4. The van der Waals surface area contributed by atoms with E-state index in [9.17, 15) is 0 Å². The maximum atomic E-state index is 9.04. The number of anilines is 2. The minimum atomic E-state index is 0.198. The summed E-state index contributed by atoms with van der Waals surface area (Å²) in [5.74, 6) is 0.764. The van der Waals surface area contributed by atoms with Crippen LogP contribution in [-0.2, 0) is 0 Å². The van der Waals surface area contributed by atoms with E-state index in [1.54, 1.807) is 36.7 Å². The van der Waals surface area contributed by atoms with E-state index in [1.807, 2.05) is 18.2 Å². The number of fused-ring (bicyclic) bond motifs is 3. The Morgan fingerprint density at radius 1 is 1.21 bits per heavy atom. The van der Waals surface area contributed by atoms with Crippen LogP contribution in [0.25, 0.3) is 21.7 Å². The highest BCUT2D eigenvalue weighted by Gasteiger charge is 2.14. The first kappa shape index (κ1) is 18.3. The van der Waals surface area contributed by atoms with Crippen LogP contribution in [0.4, 0.5) is 11.5 Å². The number of benzene rings is 2. The Kier molecular flexibility index (Phi) is 4.77. The monoisotopic (exact) mass is 399 g/mol. The fourth-order valence-electron chi connectivity index (χ4n) is 3.12. The van der Waals surface area contributed by atoms with Gasteiger partial charge in [-0.15, -0.1) is 0 Å². The fourth-order valence-corrected chi connectivity index (χ4v) is 3.35. The Morgan fingerprint density at radius 2 is 2.07 bits per heavy atom. The van der Waals surface area contributed by atoms with E-state index in [4.69, 9.17) is 33.0 Å². The van der Waals surface area contributed by atoms with Gasteiger partial charge < -0.3 is 11.1 Å². The smallest absolute Gasteiger partial charge is 0.139 e. The summed E-state index contributed by atoms with van der Waals surface area (Å²) in [6.45, 7) is 0. The summed E-state index contributed by atoms with van der Waals surface area (Å²) >= 11 is 6.33. The molecule has 7 nitrogen and oxygen atoms in total. The van der Waals surface area contributed by atoms with Crippen LogP contribution in [0.3, 0.4) is 0 Å². The molecule has 2 aromatic carbocycles. The first-order valence-corrected chi connectivity index (χ1v) is 8.96. The Morgan fingerprint density at radius 3 is 2.83 bits per heavy atom. The summed E-state index contributed by atoms with van der Waals surface area (Å²) in [5.41, 5.74) is 8.38. The molecule has 0 unspecified atom stereocenters. The predicted molar refractivity (Wildman–Crippen MR) is 116 cm³/mol. The molecule has 0 fully saturated rings. The SMILES string of the molecule is N#Cc1ccc(Nc2nc3c(C(N)=NC=N)cccc3c3cnccc23)c(Cl)c1. The van der Waals surface area contributed by atoms with E-state index >= 15 is 0 Å². The Labute approximate surface area is 171 Å². The van der Waals surface area contributed by atoms with Crippen LogP contribution in [-0.4, -0.2) is 22.1 Å². The third-order valence-electron chi connectivity index (χ3n) is 4.46. The number of pyridine rings is 2. The maximum absolute atomic E-state index is 9.04. The van der Waals surface area contributed by atoms with Crippen LogP contribution < -0.4 is 11.1 Å².